The minimum atomic E-state index is -2.90. The Kier molecular flexibility index (Phi) is 10.7. The van der Waals surface area contributed by atoms with Gasteiger partial charge < -0.3 is 4.57 Å². The molecular formula is C36H39OPS. The van der Waals surface area contributed by atoms with Crippen molar-refractivity contribution in [3.63, 3.8) is 0 Å². The monoisotopic (exact) mass is 550 g/mol. The fourth-order valence-corrected chi connectivity index (χ4v) is 7.99. The predicted octanol–water partition coefficient (Wildman–Crippen LogP) is 9.47. The molecule has 0 saturated carbocycles. The molecule has 0 bridgehead atoms. The molecule has 0 atom stereocenters. The van der Waals surface area contributed by atoms with Crippen LogP contribution >= 0.6 is 18.9 Å². The normalized spacial score (nSPS) is 11.2. The van der Waals surface area contributed by atoms with E-state index in [1.165, 1.54) is 16.0 Å². The first-order valence-corrected chi connectivity index (χ1v) is 17.2. The van der Waals surface area contributed by atoms with Crippen molar-refractivity contribution < 1.29 is 4.57 Å². The van der Waals surface area contributed by atoms with Crippen LogP contribution in [0.5, 0.6) is 0 Å². The molecule has 0 aliphatic rings. The van der Waals surface area contributed by atoms with Gasteiger partial charge in [0.1, 0.15) is 7.14 Å². The van der Waals surface area contributed by atoms with Gasteiger partial charge in [-0.1, -0.05) is 117 Å². The molecule has 4 aromatic carbocycles. The fourth-order valence-electron chi connectivity index (χ4n) is 4.91. The van der Waals surface area contributed by atoms with Crippen LogP contribution in [0, 0.1) is 11.8 Å². The zero-order chi connectivity index (χ0) is 27.5. The molecular weight excluding hydrogens is 511 g/mol. The topological polar surface area (TPSA) is 17.1 Å². The summed E-state index contributed by atoms with van der Waals surface area (Å²) in [5.41, 5.74) is 5.84. The van der Waals surface area contributed by atoms with E-state index in [-0.39, 0.29) is 0 Å². The number of thioether (sulfide) groups is 1. The number of aryl methyl sites for hydroxylation is 1. The lowest BCUT2D eigenvalue weighted by atomic mass is 9.91. The Labute approximate surface area is 239 Å². The molecule has 0 amide bonds. The number of rotatable bonds is 11. The molecule has 0 aliphatic heterocycles. The van der Waals surface area contributed by atoms with E-state index in [2.05, 4.69) is 68.3 Å². The van der Waals surface area contributed by atoms with Crippen LogP contribution in [-0.2, 0) is 17.1 Å². The van der Waals surface area contributed by atoms with Crippen LogP contribution in [0.4, 0.5) is 0 Å². The molecule has 0 unspecified atom stereocenters. The van der Waals surface area contributed by atoms with Crippen molar-refractivity contribution in [2.45, 2.75) is 63.4 Å². The molecule has 4 aromatic rings. The predicted molar refractivity (Wildman–Crippen MR) is 172 cm³/mol. The van der Waals surface area contributed by atoms with Crippen LogP contribution in [0.3, 0.4) is 0 Å². The van der Waals surface area contributed by atoms with E-state index in [9.17, 15) is 4.57 Å². The molecule has 0 aromatic heterocycles. The quantitative estimate of drug-likeness (QED) is 0.0801. The van der Waals surface area contributed by atoms with Gasteiger partial charge in [0.2, 0.25) is 0 Å². The maximum Gasteiger partial charge on any atom is 0.147 e. The molecule has 0 aliphatic carbocycles. The van der Waals surface area contributed by atoms with Crippen molar-refractivity contribution in [1.29, 1.82) is 0 Å². The summed E-state index contributed by atoms with van der Waals surface area (Å²) >= 11 is 1.75. The van der Waals surface area contributed by atoms with Crippen molar-refractivity contribution in [1.82, 2.24) is 0 Å². The Morgan fingerprint density at radius 2 is 1.38 bits per heavy atom. The number of unbranched alkanes of at least 4 members (excludes halogenated alkanes) is 3. The van der Waals surface area contributed by atoms with Crippen LogP contribution in [0.1, 0.15) is 62.6 Å². The summed E-state index contributed by atoms with van der Waals surface area (Å²) in [6.07, 6.45) is 8.96. The molecule has 0 saturated heterocycles. The van der Waals surface area contributed by atoms with E-state index in [1.54, 1.807) is 11.8 Å². The van der Waals surface area contributed by atoms with Crippen LogP contribution in [-0.4, -0.2) is 6.26 Å². The second-order valence-electron chi connectivity index (χ2n) is 9.98. The van der Waals surface area contributed by atoms with Crippen molar-refractivity contribution in [2.24, 2.45) is 0 Å². The molecule has 0 heterocycles. The van der Waals surface area contributed by atoms with E-state index in [0.29, 0.717) is 6.16 Å². The molecule has 4 rings (SSSR count). The highest BCUT2D eigenvalue weighted by Gasteiger charge is 2.28. The Morgan fingerprint density at radius 3 is 1.95 bits per heavy atom. The first kappa shape index (κ1) is 29.0. The highest BCUT2D eigenvalue weighted by Crippen LogP contribution is 2.47. The third kappa shape index (κ3) is 7.36. The van der Waals surface area contributed by atoms with Crippen molar-refractivity contribution >= 4 is 29.5 Å². The smallest absolute Gasteiger partial charge is 0.147 e. The number of benzene rings is 4. The number of hydrogen-bond donors (Lipinski definition) is 0. The van der Waals surface area contributed by atoms with Gasteiger partial charge in [0, 0.05) is 33.7 Å². The van der Waals surface area contributed by atoms with Gasteiger partial charge in [-0.05, 0) is 66.0 Å². The second kappa shape index (κ2) is 14.4. The summed E-state index contributed by atoms with van der Waals surface area (Å²) in [5, 5.41) is 1.81. The zero-order valence-corrected chi connectivity index (χ0v) is 25.2. The van der Waals surface area contributed by atoms with Crippen LogP contribution < -0.4 is 10.6 Å². The van der Waals surface area contributed by atoms with Gasteiger partial charge in [-0.3, -0.25) is 0 Å². The zero-order valence-electron chi connectivity index (χ0n) is 23.5. The Balaban J connectivity index is 1.89. The first-order chi connectivity index (χ1) is 19.1. The molecule has 200 valence electrons. The van der Waals surface area contributed by atoms with Crippen molar-refractivity contribution in [3.8, 4) is 23.0 Å². The summed E-state index contributed by atoms with van der Waals surface area (Å²) in [6.45, 7) is 4.44. The molecule has 0 radical (unpaired) electrons. The molecule has 39 heavy (non-hydrogen) atoms. The lowest BCUT2D eigenvalue weighted by Crippen LogP contribution is -2.17. The first-order valence-electron chi connectivity index (χ1n) is 14.1. The van der Waals surface area contributed by atoms with Crippen LogP contribution in [0.25, 0.3) is 11.1 Å². The molecule has 1 nitrogen and oxygen atoms in total. The van der Waals surface area contributed by atoms with E-state index in [1.807, 2.05) is 60.7 Å². The third-order valence-corrected chi connectivity index (χ3v) is 10.9. The van der Waals surface area contributed by atoms with Gasteiger partial charge in [-0.2, -0.15) is 0 Å². The minimum Gasteiger partial charge on any atom is -0.313 e. The van der Waals surface area contributed by atoms with Gasteiger partial charge in [0.05, 0.1) is 0 Å². The van der Waals surface area contributed by atoms with Gasteiger partial charge in [0.15, 0.2) is 0 Å². The van der Waals surface area contributed by atoms with Gasteiger partial charge in [-0.15, -0.1) is 11.8 Å². The van der Waals surface area contributed by atoms with Gasteiger partial charge >= 0.3 is 0 Å². The summed E-state index contributed by atoms with van der Waals surface area (Å²) < 4.78 is 14.9. The van der Waals surface area contributed by atoms with Crippen molar-refractivity contribution in [3.05, 3.63) is 114 Å². The summed E-state index contributed by atoms with van der Waals surface area (Å²) in [5.74, 6) is 7.04. The van der Waals surface area contributed by atoms with Crippen molar-refractivity contribution in [2.75, 3.05) is 6.26 Å². The van der Waals surface area contributed by atoms with E-state index in [4.69, 9.17) is 0 Å². The fraction of sp³-hybridized carbons (Fsp3) is 0.278. The van der Waals surface area contributed by atoms with E-state index < -0.39 is 7.14 Å². The van der Waals surface area contributed by atoms with Gasteiger partial charge in [-0.25, -0.2) is 0 Å². The lowest BCUT2D eigenvalue weighted by Gasteiger charge is -2.21. The van der Waals surface area contributed by atoms with Gasteiger partial charge in [0.25, 0.3) is 0 Å². The summed E-state index contributed by atoms with van der Waals surface area (Å²) in [7, 11) is -2.90. The Morgan fingerprint density at radius 1 is 0.769 bits per heavy atom. The minimum absolute atomic E-state index is 0.486. The lowest BCUT2D eigenvalue weighted by molar-refractivity contribution is 0.586. The van der Waals surface area contributed by atoms with E-state index >= 15 is 0 Å². The molecule has 0 N–H and O–H groups in total. The molecule has 0 spiro atoms. The number of hydrogen-bond acceptors (Lipinski definition) is 2. The molecule has 3 heteroatoms. The standard InChI is InChI=1S/C36H39OPS/c1-4-6-8-15-21-35-31(16-7-5-2)26-29(27-36(35)30-22-24-34(39-3)25-23-30)28-38(37,32-17-11-9-12-18-32)33-19-13-10-14-20-33/h9-14,17-20,22-27H,4-8,16,28H2,1-3H3. The maximum absolute atomic E-state index is 14.9. The van der Waals surface area contributed by atoms with Crippen LogP contribution in [0.2, 0.25) is 0 Å². The average Bonchev–Trinajstić information content (AvgIpc) is 2.99. The summed E-state index contributed by atoms with van der Waals surface area (Å²) in [4.78, 5) is 1.24. The largest absolute Gasteiger partial charge is 0.313 e. The second-order valence-corrected chi connectivity index (χ2v) is 13.7. The maximum atomic E-state index is 14.9. The highest BCUT2D eigenvalue weighted by molar-refractivity contribution is 7.98. The van der Waals surface area contributed by atoms with Crippen LogP contribution in [0.15, 0.2) is 102 Å². The third-order valence-electron chi connectivity index (χ3n) is 7.10. The Hall–Kier alpha value is -2.98. The summed E-state index contributed by atoms with van der Waals surface area (Å²) in [6, 6.07) is 33.3. The van der Waals surface area contributed by atoms with E-state index in [0.717, 1.165) is 65.8 Å². The molecule has 0 fully saturated rings. The average molecular weight is 551 g/mol. The highest BCUT2D eigenvalue weighted by atomic mass is 32.2. The Bertz CT molecular complexity index is 1400. The SMILES string of the molecule is CCCCC#Cc1c(CCCC)cc(CP(=O)(c2ccccc2)c2ccccc2)cc1-c1ccc(SC)cc1.